The molecule has 0 bridgehead atoms. The molecule has 0 radical (unpaired) electrons. The Balaban J connectivity index is 1.76. The Morgan fingerprint density at radius 2 is 1.76 bits per heavy atom. The van der Waals surface area contributed by atoms with Crippen molar-refractivity contribution in [1.82, 2.24) is 14.9 Å². The number of hydrogen-bond acceptors (Lipinski definition) is 5. The average molecular weight is 518 g/mol. The van der Waals surface area contributed by atoms with E-state index >= 15 is 0 Å². The second-order valence-electron chi connectivity index (χ2n) is 9.38. The van der Waals surface area contributed by atoms with Gasteiger partial charge in [0.2, 0.25) is 0 Å². The van der Waals surface area contributed by atoms with Gasteiger partial charge in [0.05, 0.1) is 22.3 Å². The molecule has 0 saturated carbocycles. The van der Waals surface area contributed by atoms with E-state index in [1.165, 1.54) is 28.8 Å². The van der Waals surface area contributed by atoms with Crippen LogP contribution < -0.4 is 10.9 Å². The van der Waals surface area contributed by atoms with Gasteiger partial charge in [0, 0.05) is 17.7 Å². The molecule has 4 rings (SSSR count). The number of nitrogens with one attached hydrogen (secondary N) is 1. The first-order chi connectivity index (χ1) is 17.6. The number of aromatic nitrogens is 2. The lowest BCUT2D eigenvalue weighted by Crippen LogP contribution is -2.27. The van der Waals surface area contributed by atoms with Crippen molar-refractivity contribution in [2.24, 2.45) is 5.92 Å². The van der Waals surface area contributed by atoms with Gasteiger partial charge >= 0.3 is 0 Å². The third-order valence-corrected chi connectivity index (χ3v) is 6.81. The van der Waals surface area contributed by atoms with Crippen LogP contribution in [0, 0.1) is 25.6 Å². The number of Topliss-reactive ketones (excluding diaryl/α,β-unsaturated/α-hetero) is 1. The van der Waals surface area contributed by atoms with Crippen molar-refractivity contribution in [2.45, 2.75) is 32.9 Å². The van der Waals surface area contributed by atoms with Gasteiger partial charge < -0.3 is 5.32 Å². The summed E-state index contributed by atoms with van der Waals surface area (Å²) in [5.41, 5.74) is 3.36. The quantitative estimate of drug-likeness (QED) is 0.190. The topological polar surface area (TPSA) is 81.1 Å². The number of rotatable bonds is 8. The SMILES string of the molecule is Cc1ccc(C(=O)CSc2nc3cc(C(=O)NCC(C)C)ccc3c(=O)n2-c2ccc(F)cc2)c(C)c1. The normalized spacial score (nSPS) is 11.2. The summed E-state index contributed by atoms with van der Waals surface area (Å²) in [6.07, 6.45) is 0. The fourth-order valence-electron chi connectivity index (χ4n) is 3.95. The van der Waals surface area contributed by atoms with Gasteiger partial charge in [-0.3, -0.25) is 19.0 Å². The molecular formula is C29H28FN3O3S. The minimum absolute atomic E-state index is 0.0532. The third kappa shape index (κ3) is 5.97. The van der Waals surface area contributed by atoms with Gasteiger partial charge in [-0.2, -0.15) is 0 Å². The molecule has 6 nitrogen and oxygen atoms in total. The molecule has 4 aromatic rings. The molecule has 0 unspecified atom stereocenters. The van der Waals surface area contributed by atoms with Crippen LogP contribution in [0.3, 0.4) is 0 Å². The van der Waals surface area contributed by atoms with E-state index in [0.29, 0.717) is 40.2 Å². The van der Waals surface area contributed by atoms with Crippen LogP contribution in [-0.4, -0.2) is 33.5 Å². The number of hydrogen-bond donors (Lipinski definition) is 1. The summed E-state index contributed by atoms with van der Waals surface area (Å²) in [7, 11) is 0. The van der Waals surface area contributed by atoms with Crippen LogP contribution in [0.5, 0.6) is 0 Å². The Bertz CT molecular complexity index is 1550. The van der Waals surface area contributed by atoms with Crippen LogP contribution in [0.4, 0.5) is 4.39 Å². The number of aryl methyl sites for hydroxylation is 2. The second-order valence-corrected chi connectivity index (χ2v) is 10.3. The molecule has 0 aliphatic rings. The molecule has 1 amide bonds. The highest BCUT2D eigenvalue weighted by Crippen LogP contribution is 2.24. The smallest absolute Gasteiger partial charge is 0.266 e. The highest BCUT2D eigenvalue weighted by molar-refractivity contribution is 7.99. The number of amides is 1. The van der Waals surface area contributed by atoms with Crippen molar-refractivity contribution >= 4 is 34.4 Å². The predicted octanol–water partition coefficient (Wildman–Crippen LogP) is 5.50. The first kappa shape index (κ1) is 26.3. The number of ketones is 1. The van der Waals surface area contributed by atoms with Crippen molar-refractivity contribution in [2.75, 3.05) is 12.3 Å². The molecule has 1 N–H and O–H groups in total. The molecule has 1 heterocycles. The molecule has 37 heavy (non-hydrogen) atoms. The molecule has 0 saturated heterocycles. The van der Waals surface area contributed by atoms with Crippen molar-refractivity contribution in [1.29, 1.82) is 0 Å². The molecule has 190 valence electrons. The van der Waals surface area contributed by atoms with E-state index in [-0.39, 0.29) is 28.2 Å². The zero-order valence-corrected chi connectivity index (χ0v) is 22.0. The molecule has 0 spiro atoms. The predicted molar refractivity (Wildman–Crippen MR) is 145 cm³/mol. The minimum atomic E-state index is -0.429. The Kier molecular flexibility index (Phi) is 7.88. The maximum absolute atomic E-state index is 13.6. The van der Waals surface area contributed by atoms with Crippen LogP contribution in [0.25, 0.3) is 16.6 Å². The van der Waals surface area contributed by atoms with Gasteiger partial charge in [-0.05, 0) is 67.8 Å². The van der Waals surface area contributed by atoms with Gasteiger partial charge in [-0.25, -0.2) is 9.37 Å². The summed E-state index contributed by atoms with van der Waals surface area (Å²) < 4.78 is 15.0. The maximum Gasteiger partial charge on any atom is 0.266 e. The fraction of sp³-hybridized carbons (Fsp3) is 0.241. The van der Waals surface area contributed by atoms with E-state index in [9.17, 15) is 18.8 Å². The van der Waals surface area contributed by atoms with E-state index in [2.05, 4.69) is 10.3 Å². The number of halogens is 1. The standard InChI is InChI=1S/C29H28FN3O3S/c1-17(2)15-31-27(35)20-6-12-24-25(14-20)32-29(33(28(24)36)22-9-7-21(30)8-10-22)37-16-26(34)23-11-5-18(3)13-19(23)4/h5-14,17H,15-16H2,1-4H3,(H,31,35). The van der Waals surface area contributed by atoms with Gasteiger partial charge in [0.1, 0.15) is 5.82 Å². The lowest BCUT2D eigenvalue weighted by atomic mass is 10.0. The van der Waals surface area contributed by atoms with Crippen LogP contribution in [0.1, 0.15) is 45.7 Å². The Labute approximate surface area is 218 Å². The largest absolute Gasteiger partial charge is 0.352 e. The monoisotopic (exact) mass is 517 g/mol. The summed E-state index contributed by atoms with van der Waals surface area (Å²) in [5.74, 6) is -0.425. The number of carbonyl (C=O) groups excluding carboxylic acids is 2. The summed E-state index contributed by atoms with van der Waals surface area (Å²) in [5, 5.41) is 3.46. The van der Waals surface area contributed by atoms with Crippen molar-refractivity contribution in [3.63, 3.8) is 0 Å². The second kappa shape index (κ2) is 11.1. The summed E-state index contributed by atoms with van der Waals surface area (Å²) >= 11 is 1.13. The molecule has 8 heteroatoms. The molecule has 0 fully saturated rings. The van der Waals surface area contributed by atoms with Crippen LogP contribution >= 0.6 is 11.8 Å². The first-order valence-corrected chi connectivity index (χ1v) is 13.0. The number of benzene rings is 3. The number of thioether (sulfide) groups is 1. The van der Waals surface area contributed by atoms with E-state index in [1.54, 1.807) is 24.3 Å². The highest BCUT2D eigenvalue weighted by Gasteiger charge is 2.18. The Morgan fingerprint density at radius 1 is 1.03 bits per heavy atom. The van der Waals surface area contributed by atoms with Crippen LogP contribution in [0.15, 0.2) is 70.6 Å². The Morgan fingerprint density at radius 3 is 2.43 bits per heavy atom. The lowest BCUT2D eigenvalue weighted by Gasteiger charge is -2.14. The Hall–Kier alpha value is -3.78. The summed E-state index contributed by atoms with van der Waals surface area (Å²) in [6, 6.07) is 15.9. The molecule has 1 aromatic heterocycles. The van der Waals surface area contributed by atoms with Crippen LogP contribution in [-0.2, 0) is 0 Å². The maximum atomic E-state index is 13.6. The lowest BCUT2D eigenvalue weighted by molar-refractivity contribution is 0.0948. The van der Waals surface area contributed by atoms with Crippen molar-refractivity contribution in [3.05, 3.63) is 99.1 Å². The van der Waals surface area contributed by atoms with Gasteiger partial charge in [-0.1, -0.05) is 49.4 Å². The van der Waals surface area contributed by atoms with E-state index in [0.717, 1.165) is 22.9 Å². The minimum Gasteiger partial charge on any atom is -0.352 e. The molecule has 3 aromatic carbocycles. The highest BCUT2D eigenvalue weighted by atomic mass is 32.2. The van der Waals surface area contributed by atoms with Crippen molar-refractivity contribution < 1.29 is 14.0 Å². The van der Waals surface area contributed by atoms with Crippen molar-refractivity contribution in [3.8, 4) is 5.69 Å². The number of fused-ring (bicyclic) bond motifs is 1. The fourth-order valence-corrected chi connectivity index (χ4v) is 4.85. The molecule has 0 atom stereocenters. The van der Waals surface area contributed by atoms with Crippen LogP contribution in [0.2, 0.25) is 0 Å². The van der Waals surface area contributed by atoms with E-state index in [1.807, 2.05) is 39.8 Å². The first-order valence-electron chi connectivity index (χ1n) is 12.0. The average Bonchev–Trinajstić information content (AvgIpc) is 2.86. The zero-order valence-electron chi connectivity index (χ0n) is 21.2. The molecule has 0 aliphatic heterocycles. The summed E-state index contributed by atoms with van der Waals surface area (Å²) in [6.45, 7) is 8.39. The third-order valence-electron chi connectivity index (χ3n) is 5.87. The molecular weight excluding hydrogens is 489 g/mol. The zero-order chi connectivity index (χ0) is 26.7. The van der Waals surface area contributed by atoms with E-state index < -0.39 is 5.82 Å². The van der Waals surface area contributed by atoms with E-state index in [4.69, 9.17) is 0 Å². The van der Waals surface area contributed by atoms with Gasteiger partial charge in [-0.15, -0.1) is 0 Å². The number of carbonyl (C=O) groups is 2. The summed E-state index contributed by atoms with van der Waals surface area (Å²) in [4.78, 5) is 43.9. The van der Waals surface area contributed by atoms with Gasteiger partial charge in [0.25, 0.3) is 11.5 Å². The van der Waals surface area contributed by atoms with Gasteiger partial charge in [0.15, 0.2) is 10.9 Å². The molecule has 0 aliphatic carbocycles. The number of nitrogens with zero attached hydrogens (tertiary/aromatic N) is 2.